The third kappa shape index (κ3) is 5.96. The summed E-state index contributed by atoms with van der Waals surface area (Å²) in [7, 11) is 0. The second-order valence-electron chi connectivity index (χ2n) is 7.37. The van der Waals surface area contributed by atoms with Crippen LogP contribution in [0.1, 0.15) is 12.5 Å². The molecular weight excluding hydrogens is 520 g/mol. The monoisotopic (exact) mass is 538 g/mol. The second-order valence-corrected chi connectivity index (χ2v) is 9.93. The molecule has 182 valence electrons. The predicted octanol–water partition coefficient (Wildman–Crippen LogP) is 6.90. The molecule has 0 radical (unpaired) electrons. The third-order valence-electron chi connectivity index (χ3n) is 5.01. The fourth-order valence-corrected chi connectivity index (χ4v) is 5.23. The summed E-state index contributed by atoms with van der Waals surface area (Å²) >= 11 is 8.32. The van der Waals surface area contributed by atoms with Gasteiger partial charge in [-0.2, -0.15) is 0 Å². The number of carbonyl (C=O) groups is 1. The molecule has 1 aromatic heterocycles. The number of non-ortho nitro benzene ring substituents is 1. The number of hydrogen-bond acceptors (Lipinski definition) is 7. The number of nitro benzene ring substituents is 1. The van der Waals surface area contributed by atoms with E-state index in [1.165, 1.54) is 30.0 Å². The van der Waals surface area contributed by atoms with Gasteiger partial charge in [-0.3, -0.25) is 10.1 Å². The normalized spacial score (nSPS) is 11.4. The molecule has 0 saturated heterocycles. The van der Waals surface area contributed by atoms with E-state index in [0.717, 1.165) is 22.2 Å². The van der Waals surface area contributed by atoms with Crippen molar-refractivity contribution in [2.75, 3.05) is 0 Å². The Balaban J connectivity index is 1.73. The van der Waals surface area contributed by atoms with Crippen molar-refractivity contribution < 1.29 is 14.8 Å². The number of nitro groups is 1. The minimum atomic E-state index is -1.18. The highest BCUT2D eigenvalue weighted by Gasteiger charge is 2.20. The van der Waals surface area contributed by atoms with Crippen molar-refractivity contribution in [3.8, 4) is 11.4 Å². The van der Waals surface area contributed by atoms with Crippen molar-refractivity contribution in [2.24, 2.45) is 0 Å². The zero-order valence-electron chi connectivity index (χ0n) is 18.9. The SMILES string of the molecule is CCn1c(S/C(=C/c2cc([N+](=O)[O-])ccc2Sc2ccccc2)C(=O)O)nnc1-c1ccc(Cl)cc1. The van der Waals surface area contributed by atoms with E-state index >= 15 is 0 Å². The van der Waals surface area contributed by atoms with Crippen LogP contribution in [0, 0.1) is 10.1 Å². The fourth-order valence-electron chi connectivity index (χ4n) is 3.31. The van der Waals surface area contributed by atoms with Gasteiger partial charge in [0.25, 0.3) is 5.69 Å². The molecular formula is C25H19ClN4O4S2. The van der Waals surface area contributed by atoms with Crippen LogP contribution < -0.4 is 0 Å². The summed E-state index contributed by atoms with van der Waals surface area (Å²) in [4.78, 5) is 24.7. The number of carboxylic acid groups (broad SMARTS) is 1. The maximum Gasteiger partial charge on any atom is 0.342 e. The minimum absolute atomic E-state index is 0.0461. The molecule has 11 heteroatoms. The van der Waals surface area contributed by atoms with E-state index in [-0.39, 0.29) is 10.6 Å². The first-order valence-electron chi connectivity index (χ1n) is 10.7. The van der Waals surface area contributed by atoms with Crippen LogP contribution in [-0.2, 0) is 11.3 Å². The summed E-state index contributed by atoms with van der Waals surface area (Å²) in [5, 5.41) is 30.8. The van der Waals surface area contributed by atoms with Crippen LogP contribution in [0.5, 0.6) is 0 Å². The Morgan fingerprint density at radius 3 is 2.47 bits per heavy atom. The molecule has 3 aromatic carbocycles. The van der Waals surface area contributed by atoms with Crippen LogP contribution in [0.25, 0.3) is 17.5 Å². The fraction of sp³-hybridized carbons (Fsp3) is 0.0800. The highest BCUT2D eigenvalue weighted by atomic mass is 35.5. The third-order valence-corrected chi connectivity index (χ3v) is 7.36. The molecule has 4 aromatic rings. The lowest BCUT2D eigenvalue weighted by Gasteiger charge is -2.09. The van der Waals surface area contributed by atoms with Gasteiger partial charge in [-0.1, -0.05) is 41.6 Å². The zero-order valence-corrected chi connectivity index (χ0v) is 21.3. The summed E-state index contributed by atoms with van der Waals surface area (Å²) in [6.45, 7) is 2.41. The first-order chi connectivity index (χ1) is 17.4. The van der Waals surface area contributed by atoms with Gasteiger partial charge in [-0.05, 0) is 72.8 Å². The van der Waals surface area contributed by atoms with Crippen LogP contribution in [0.4, 0.5) is 5.69 Å². The summed E-state index contributed by atoms with van der Waals surface area (Å²) in [6, 6.07) is 21.0. The van der Waals surface area contributed by atoms with Crippen LogP contribution in [0.2, 0.25) is 5.02 Å². The summed E-state index contributed by atoms with van der Waals surface area (Å²) < 4.78 is 1.80. The number of aliphatic carboxylic acids is 1. The Morgan fingerprint density at radius 1 is 1.11 bits per heavy atom. The first kappa shape index (κ1) is 25.5. The number of benzene rings is 3. The van der Waals surface area contributed by atoms with Gasteiger partial charge in [0.2, 0.25) is 0 Å². The molecule has 0 aliphatic rings. The zero-order chi connectivity index (χ0) is 25.7. The van der Waals surface area contributed by atoms with Crippen molar-refractivity contribution >= 4 is 52.9 Å². The highest BCUT2D eigenvalue weighted by molar-refractivity contribution is 8.04. The van der Waals surface area contributed by atoms with Crippen molar-refractivity contribution in [1.29, 1.82) is 0 Å². The lowest BCUT2D eigenvalue weighted by molar-refractivity contribution is -0.384. The van der Waals surface area contributed by atoms with Gasteiger partial charge in [-0.15, -0.1) is 10.2 Å². The standard InChI is InChI=1S/C25H19ClN4O4S2/c1-2-29-23(16-8-10-18(26)11-9-16)27-28-25(29)36-22(24(31)32)15-17-14-19(30(33)34)12-13-21(17)35-20-6-4-3-5-7-20/h3-15H,2H2,1H3,(H,31,32)/b22-15+. The minimum Gasteiger partial charge on any atom is -0.477 e. The van der Waals surface area contributed by atoms with Gasteiger partial charge in [-0.25, -0.2) is 4.79 Å². The van der Waals surface area contributed by atoms with Crippen LogP contribution in [0.15, 0.2) is 92.6 Å². The molecule has 0 amide bonds. The molecule has 0 bridgehead atoms. The van der Waals surface area contributed by atoms with Crippen molar-refractivity contribution in [3.63, 3.8) is 0 Å². The van der Waals surface area contributed by atoms with E-state index in [4.69, 9.17) is 11.6 Å². The quantitative estimate of drug-likeness (QED) is 0.106. The average molecular weight is 539 g/mol. The summed E-state index contributed by atoms with van der Waals surface area (Å²) in [5.41, 5.74) is 1.08. The van der Waals surface area contributed by atoms with Gasteiger partial charge in [0.15, 0.2) is 11.0 Å². The van der Waals surface area contributed by atoms with Crippen LogP contribution in [-0.4, -0.2) is 30.8 Å². The molecule has 1 heterocycles. The van der Waals surface area contributed by atoms with Crippen LogP contribution >= 0.6 is 35.1 Å². The summed E-state index contributed by atoms with van der Waals surface area (Å²) in [6.07, 6.45) is 1.43. The molecule has 36 heavy (non-hydrogen) atoms. The topological polar surface area (TPSA) is 111 Å². The van der Waals surface area contributed by atoms with Crippen molar-refractivity contribution in [3.05, 3.63) is 98.4 Å². The Bertz CT molecular complexity index is 1440. The van der Waals surface area contributed by atoms with Gasteiger partial charge >= 0.3 is 5.97 Å². The molecule has 8 nitrogen and oxygen atoms in total. The Kier molecular flexibility index (Phi) is 8.09. The lowest BCUT2D eigenvalue weighted by atomic mass is 10.2. The summed E-state index contributed by atoms with van der Waals surface area (Å²) in [5.74, 6) is -0.599. The maximum absolute atomic E-state index is 12.2. The van der Waals surface area contributed by atoms with E-state index in [9.17, 15) is 20.0 Å². The van der Waals surface area contributed by atoms with Gasteiger partial charge in [0.1, 0.15) is 4.91 Å². The number of thioether (sulfide) groups is 1. The van der Waals surface area contributed by atoms with E-state index in [0.29, 0.717) is 33.0 Å². The molecule has 0 saturated carbocycles. The largest absolute Gasteiger partial charge is 0.477 e. The molecule has 1 N–H and O–H groups in total. The Hall–Kier alpha value is -3.60. The van der Waals surface area contributed by atoms with Gasteiger partial charge < -0.3 is 9.67 Å². The number of nitrogens with zero attached hydrogens (tertiary/aromatic N) is 4. The van der Waals surface area contributed by atoms with Crippen molar-refractivity contribution in [1.82, 2.24) is 14.8 Å². The van der Waals surface area contributed by atoms with Gasteiger partial charge in [0, 0.05) is 39.1 Å². The predicted molar refractivity (Wildman–Crippen MR) is 141 cm³/mol. The van der Waals surface area contributed by atoms with E-state index in [1.807, 2.05) is 49.4 Å². The van der Waals surface area contributed by atoms with Crippen LogP contribution in [0.3, 0.4) is 0 Å². The Morgan fingerprint density at radius 2 is 1.83 bits per heavy atom. The number of rotatable bonds is 9. The smallest absolute Gasteiger partial charge is 0.342 e. The molecule has 0 spiro atoms. The average Bonchev–Trinajstić information content (AvgIpc) is 3.28. The molecule has 0 atom stereocenters. The maximum atomic E-state index is 12.2. The highest BCUT2D eigenvalue weighted by Crippen LogP contribution is 2.36. The number of aromatic nitrogens is 3. The van der Waals surface area contributed by atoms with E-state index < -0.39 is 10.9 Å². The van der Waals surface area contributed by atoms with Gasteiger partial charge in [0.05, 0.1) is 4.92 Å². The number of carboxylic acids is 1. The molecule has 0 aliphatic carbocycles. The van der Waals surface area contributed by atoms with Crippen molar-refractivity contribution in [2.45, 2.75) is 28.4 Å². The molecule has 0 unspecified atom stereocenters. The lowest BCUT2D eigenvalue weighted by Crippen LogP contribution is -2.03. The Labute approximate surface area is 220 Å². The van der Waals surface area contributed by atoms with E-state index in [1.54, 1.807) is 22.8 Å². The van der Waals surface area contributed by atoms with E-state index in [2.05, 4.69) is 10.2 Å². The number of hydrogen-bond donors (Lipinski definition) is 1. The second kappa shape index (κ2) is 11.4. The number of halogens is 1. The molecule has 0 fully saturated rings. The molecule has 4 rings (SSSR count). The first-order valence-corrected chi connectivity index (χ1v) is 12.7. The molecule has 0 aliphatic heterocycles.